The van der Waals surface area contributed by atoms with Crippen LogP contribution < -0.4 is 20.1 Å². The predicted molar refractivity (Wildman–Crippen MR) is 95.2 cm³/mol. The van der Waals surface area contributed by atoms with Gasteiger partial charge in [0.25, 0.3) is 0 Å². The molecule has 0 spiro atoms. The highest BCUT2D eigenvalue weighted by Gasteiger charge is 2.12. The van der Waals surface area contributed by atoms with E-state index in [9.17, 15) is 4.79 Å². The van der Waals surface area contributed by atoms with E-state index < -0.39 is 6.03 Å². The number of anilines is 2. The standard InChI is InChI=1S/C16H20N4O3S/c1-4-22-14-13(10-17-16(20-14)23-5-2)19-15(21)18-11-7-6-8-12(9-11)24-3/h6-10H,4-5H2,1-3H3,(H2,18,19,21). The number of aromatic nitrogens is 2. The number of carbonyl (C=O) groups excluding carboxylic acids is 1. The van der Waals surface area contributed by atoms with Crippen LogP contribution in [0, 0.1) is 0 Å². The van der Waals surface area contributed by atoms with Crippen molar-refractivity contribution in [1.29, 1.82) is 0 Å². The Morgan fingerprint density at radius 1 is 1.21 bits per heavy atom. The average Bonchev–Trinajstić information content (AvgIpc) is 2.58. The van der Waals surface area contributed by atoms with Crippen LogP contribution in [0.2, 0.25) is 0 Å². The number of nitrogens with zero attached hydrogens (tertiary/aromatic N) is 2. The molecule has 0 atom stereocenters. The van der Waals surface area contributed by atoms with Gasteiger partial charge in [0, 0.05) is 10.6 Å². The van der Waals surface area contributed by atoms with Gasteiger partial charge in [-0.2, -0.15) is 4.98 Å². The molecular formula is C16H20N4O3S. The number of rotatable bonds is 7. The quantitative estimate of drug-likeness (QED) is 0.743. The zero-order chi connectivity index (χ0) is 17.4. The number of carbonyl (C=O) groups is 1. The van der Waals surface area contributed by atoms with Crippen molar-refractivity contribution in [3.8, 4) is 11.9 Å². The van der Waals surface area contributed by atoms with Crippen molar-refractivity contribution in [2.75, 3.05) is 30.1 Å². The Morgan fingerprint density at radius 2 is 2.00 bits per heavy atom. The third-order valence-corrected chi connectivity index (χ3v) is 3.59. The summed E-state index contributed by atoms with van der Waals surface area (Å²) in [6.07, 6.45) is 3.44. The zero-order valence-corrected chi connectivity index (χ0v) is 14.6. The van der Waals surface area contributed by atoms with E-state index in [1.807, 2.05) is 44.4 Å². The molecule has 0 unspecified atom stereocenters. The summed E-state index contributed by atoms with van der Waals surface area (Å²) >= 11 is 1.60. The molecule has 0 radical (unpaired) electrons. The van der Waals surface area contributed by atoms with Crippen LogP contribution in [0.15, 0.2) is 35.4 Å². The Morgan fingerprint density at radius 3 is 2.71 bits per heavy atom. The van der Waals surface area contributed by atoms with Crippen LogP contribution in [-0.2, 0) is 0 Å². The van der Waals surface area contributed by atoms with Crippen molar-refractivity contribution in [1.82, 2.24) is 9.97 Å². The Hall–Kier alpha value is -2.48. The lowest BCUT2D eigenvalue weighted by Gasteiger charge is -2.12. The SMILES string of the molecule is CCOc1ncc(NC(=O)Nc2cccc(SC)c2)c(OCC)n1. The van der Waals surface area contributed by atoms with Crippen LogP contribution >= 0.6 is 11.8 Å². The van der Waals surface area contributed by atoms with Crippen LogP contribution in [0.5, 0.6) is 11.9 Å². The third-order valence-electron chi connectivity index (χ3n) is 2.86. The predicted octanol–water partition coefficient (Wildman–Crippen LogP) is 3.64. The van der Waals surface area contributed by atoms with Gasteiger partial charge in [-0.15, -0.1) is 11.8 Å². The van der Waals surface area contributed by atoms with Crippen molar-refractivity contribution >= 4 is 29.2 Å². The van der Waals surface area contributed by atoms with E-state index in [1.165, 1.54) is 6.20 Å². The Kier molecular flexibility index (Phi) is 6.68. The Bertz CT molecular complexity index is 697. The first-order valence-electron chi connectivity index (χ1n) is 7.51. The van der Waals surface area contributed by atoms with Gasteiger partial charge in [0.05, 0.1) is 19.4 Å². The lowest BCUT2D eigenvalue weighted by atomic mass is 10.3. The number of nitrogens with one attached hydrogen (secondary N) is 2. The van der Waals surface area contributed by atoms with Gasteiger partial charge >= 0.3 is 12.0 Å². The second kappa shape index (κ2) is 8.97. The largest absolute Gasteiger partial charge is 0.476 e. The maximum atomic E-state index is 12.2. The van der Waals surface area contributed by atoms with Crippen molar-refractivity contribution < 1.29 is 14.3 Å². The fourth-order valence-corrected chi connectivity index (χ4v) is 2.33. The van der Waals surface area contributed by atoms with Crippen LogP contribution in [0.4, 0.5) is 16.2 Å². The molecule has 7 nitrogen and oxygen atoms in total. The number of hydrogen-bond acceptors (Lipinski definition) is 6. The van der Waals surface area contributed by atoms with E-state index in [2.05, 4.69) is 20.6 Å². The van der Waals surface area contributed by atoms with Crippen molar-refractivity contribution in [2.24, 2.45) is 0 Å². The third kappa shape index (κ3) is 5.02. The van der Waals surface area contributed by atoms with Gasteiger partial charge in [0.2, 0.25) is 5.88 Å². The normalized spacial score (nSPS) is 10.1. The molecule has 2 N–H and O–H groups in total. The van der Waals surface area contributed by atoms with E-state index in [4.69, 9.17) is 9.47 Å². The van der Waals surface area contributed by atoms with Gasteiger partial charge in [-0.1, -0.05) is 6.07 Å². The topological polar surface area (TPSA) is 85.4 Å². The first kappa shape index (κ1) is 17.9. The van der Waals surface area contributed by atoms with Crippen molar-refractivity contribution in [3.05, 3.63) is 30.5 Å². The first-order valence-corrected chi connectivity index (χ1v) is 8.73. The van der Waals surface area contributed by atoms with Gasteiger partial charge in [0.15, 0.2) is 0 Å². The molecule has 0 aliphatic heterocycles. The first-order chi connectivity index (χ1) is 11.7. The minimum atomic E-state index is -0.401. The highest BCUT2D eigenvalue weighted by Crippen LogP contribution is 2.24. The van der Waals surface area contributed by atoms with Gasteiger partial charge in [-0.3, -0.25) is 0 Å². The molecule has 0 bridgehead atoms. The summed E-state index contributed by atoms with van der Waals surface area (Å²) in [4.78, 5) is 21.4. The number of amides is 2. The van der Waals surface area contributed by atoms with Crippen molar-refractivity contribution in [3.63, 3.8) is 0 Å². The maximum absolute atomic E-state index is 12.2. The molecule has 2 rings (SSSR count). The van der Waals surface area contributed by atoms with Crippen LogP contribution in [0.1, 0.15) is 13.8 Å². The molecule has 0 aliphatic rings. The summed E-state index contributed by atoms with van der Waals surface area (Å²) in [6.45, 7) is 4.53. The highest BCUT2D eigenvalue weighted by atomic mass is 32.2. The number of thioether (sulfide) groups is 1. The second-order valence-electron chi connectivity index (χ2n) is 4.55. The number of hydrogen-bond donors (Lipinski definition) is 2. The molecule has 24 heavy (non-hydrogen) atoms. The maximum Gasteiger partial charge on any atom is 0.323 e. The molecule has 2 aromatic rings. The van der Waals surface area contributed by atoms with Crippen LogP contribution in [-0.4, -0.2) is 35.5 Å². The fourth-order valence-electron chi connectivity index (χ4n) is 1.87. The van der Waals surface area contributed by atoms with E-state index in [1.54, 1.807) is 11.8 Å². The molecule has 1 heterocycles. The second-order valence-corrected chi connectivity index (χ2v) is 5.43. The molecule has 1 aromatic heterocycles. The number of benzene rings is 1. The molecule has 8 heteroatoms. The monoisotopic (exact) mass is 348 g/mol. The van der Waals surface area contributed by atoms with E-state index in [0.717, 1.165) is 4.90 Å². The summed E-state index contributed by atoms with van der Waals surface area (Å²) in [5.74, 6) is 0.268. The Labute approximate surface area is 145 Å². The average molecular weight is 348 g/mol. The van der Waals surface area contributed by atoms with Gasteiger partial charge < -0.3 is 20.1 Å². The smallest absolute Gasteiger partial charge is 0.323 e. The van der Waals surface area contributed by atoms with Gasteiger partial charge in [-0.25, -0.2) is 9.78 Å². The molecule has 0 saturated carbocycles. The molecular weight excluding hydrogens is 328 g/mol. The highest BCUT2D eigenvalue weighted by molar-refractivity contribution is 7.98. The summed E-state index contributed by atoms with van der Waals surface area (Å²) in [6, 6.07) is 7.37. The Balaban J connectivity index is 2.09. The van der Waals surface area contributed by atoms with Crippen LogP contribution in [0.25, 0.3) is 0 Å². The molecule has 0 fully saturated rings. The van der Waals surface area contributed by atoms with Gasteiger partial charge in [-0.05, 0) is 38.3 Å². The lowest BCUT2D eigenvalue weighted by molar-refractivity contribution is 0.261. The van der Waals surface area contributed by atoms with E-state index in [-0.39, 0.29) is 11.9 Å². The summed E-state index contributed by atoms with van der Waals surface area (Å²) in [5, 5.41) is 5.46. The van der Waals surface area contributed by atoms with Crippen LogP contribution in [0.3, 0.4) is 0 Å². The summed E-state index contributed by atoms with van der Waals surface area (Å²) < 4.78 is 10.7. The lowest BCUT2D eigenvalue weighted by Crippen LogP contribution is -2.20. The van der Waals surface area contributed by atoms with E-state index in [0.29, 0.717) is 24.6 Å². The molecule has 2 amide bonds. The molecule has 128 valence electrons. The molecule has 0 aliphatic carbocycles. The summed E-state index contributed by atoms with van der Waals surface area (Å²) in [5.41, 5.74) is 1.07. The number of ether oxygens (including phenoxy) is 2. The van der Waals surface area contributed by atoms with Crippen molar-refractivity contribution in [2.45, 2.75) is 18.7 Å². The zero-order valence-electron chi connectivity index (χ0n) is 13.8. The minimum Gasteiger partial charge on any atom is -0.476 e. The molecule has 0 saturated heterocycles. The van der Waals surface area contributed by atoms with Gasteiger partial charge in [0.1, 0.15) is 5.69 Å². The fraction of sp³-hybridized carbons (Fsp3) is 0.312. The number of urea groups is 1. The molecule has 1 aromatic carbocycles. The minimum absolute atomic E-state index is 0.208. The van der Waals surface area contributed by atoms with E-state index >= 15 is 0 Å². The summed E-state index contributed by atoms with van der Waals surface area (Å²) in [7, 11) is 0.